The molecule has 2 amide bonds. The monoisotopic (exact) mass is 385 g/mol. The van der Waals surface area contributed by atoms with Gasteiger partial charge < -0.3 is 15.0 Å². The van der Waals surface area contributed by atoms with Gasteiger partial charge in [0.1, 0.15) is 18.0 Å². The summed E-state index contributed by atoms with van der Waals surface area (Å²) in [6.07, 6.45) is 0. The quantitative estimate of drug-likeness (QED) is 0.713. The molecule has 0 saturated carbocycles. The molecule has 2 heterocycles. The van der Waals surface area contributed by atoms with E-state index in [9.17, 15) is 9.59 Å². The van der Waals surface area contributed by atoms with Gasteiger partial charge in [0, 0.05) is 18.4 Å². The number of carbonyl (C=O) groups excluding carboxylic acids is 2. The minimum absolute atomic E-state index is 0.0489. The molecule has 2 aromatic carbocycles. The Morgan fingerprint density at radius 3 is 2.81 bits per heavy atom. The molecule has 1 aromatic heterocycles. The summed E-state index contributed by atoms with van der Waals surface area (Å²) in [5.41, 5.74) is 0.790. The molecule has 1 N–H and O–H groups in total. The Labute approximate surface area is 158 Å². The summed E-state index contributed by atoms with van der Waals surface area (Å²) in [4.78, 5) is 29.7. The normalized spacial score (nSPS) is 14.0. The lowest BCUT2D eigenvalue weighted by Gasteiger charge is -2.12. The molecule has 4 rings (SSSR count). The minimum atomic E-state index is -0.235. The molecule has 3 aromatic rings. The predicted octanol–water partition coefficient (Wildman–Crippen LogP) is 4.20. The van der Waals surface area contributed by atoms with Crippen molar-refractivity contribution in [3.63, 3.8) is 0 Å². The van der Waals surface area contributed by atoms with Crippen molar-refractivity contribution in [2.24, 2.45) is 0 Å². The number of hydrogen-bond donors (Lipinski definition) is 1. The summed E-state index contributed by atoms with van der Waals surface area (Å²) in [7, 11) is 0. The first-order valence-corrected chi connectivity index (χ1v) is 9.83. The second-order valence-corrected chi connectivity index (χ2v) is 7.72. The Morgan fingerprint density at radius 2 is 2.04 bits per heavy atom. The van der Waals surface area contributed by atoms with Gasteiger partial charge in [-0.1, -0.05) is 41.3 Å². The summed E-state index contributed by atoms with van der Waals surface area (Å²) in [5.74, 6) is 1.97. The van der Waals surface area contributed by atoms with E-state index in [1.807, 2.05) is 48.5 Å². The van der Waals surface area contributed by atoms with Crippen molar-refractivity contribution < 1.29 is 14.3 Å². The molecule has 1 fully saturated rings. The molecule has 1 aliphatic rings. The van der Waals surface area contributed by atoms with Crippen molar-refractivity contribution in [3.8, 4) is 11.5 Å². The Bertz CT molecular complexity index is 959. The number of thioether (sulfide) groups is 1. The van der Waals surface area contributed by atoms with Crippen LogP contribution in [0.1, 0.15) is 0 Å². The van der Waals surface area contributed by atoms with Crippen molar-refractivity contribution in [2.45, 2.75) is 0 Å². The summed E-state index contributed by atoms with van der Waals surface area (Å²) in [5, 5.41) is 3.24. The third-order valence-electron chi connectivity index (χ3n) is 3.76. The Hall–Kier alpha value is -2.58. The largest absolute Gasteiger partial charge is 0.457 e. The number of carbonyl (C=O) groups is 2. The summed E-state index contributed by atoms with van der Waals surface area (Å²) < 4.78 is 6.74. The van der Waals surface area contributed by atoms with Crippen LogP contribution in [0.3, 0.4) is 0 Å². The highest BCUT2D eigenvalue weighted by molar-refractivity contribution is 8.13. The van der Waals surface area contributed by atoms with Crippen molar-refractivity contribution in [3.05, 3.63) is 48.5 Å². The van der Waals surface area contributed by atoms with Gasteiger partial charge in [-0.3, -0.25) is 9.59 Å². The molecular weight excluding hydrogens is 370 g/mol. The zero-order valence-corrected chi connectivity index (χ0v) is 15.3. The van der Waals surface area contributed by atoms with Crippen LogP contribution in [0, 0.1) is 0 Å². The highest BCUT2D eigenvalue weighted by atomic mass is 32.2. The van der Waals surface area contributed by atoms with Crippen LogP contribution < -0.4 is 10.1 Å². The summed E-state index contributed by atoms with van der Waals surface area (Å²) in [6.45, 7) is 0.668. The maximum Gasteiger partial charge on any atom is 0.282 e. The molecule has 1 saturated heterocycles. The number of amides is 2. The highest BCUT2D eigenvalue weighted by Gasteiger charge is 2.23. The number of anilines is 1. The SMILES string of the molecule is O=C(CN1CCSC1=O)Nc1nc2ccc(Oc3ccccc3)cc2s1. The average Bonchev–Trinajstić information content (AvgIpc) is 3.21. The van der Waals surface area contributed by atoms with Gasteiger partial charge in [0.15, 0.2) is 5.13 Å². The van der Waals surface area contributed by atoms with E-state index in [2.05, 4.69) is 10.3 Å². The topological polar surface area (TPSA) is 71.5 Å². The molecule has 0 radical (unpaired) electrons. The van der Waals surface area contributed by atoms with Gasteiger partial charge in [0.05, 0.1) is 10.2 Å². The van der Waals surface area contributed by atoms with E-state index in [1.54, 1.807) is 4.90 Å². The Morgan fingerprint density at radius 1 is 1.19 bits per heavy atom. The van der Waals surface area contributed by atoms with Crippen LogP contribution in [0.15, 0.2) is 48.5 Å². The molecule has 1 aliphatic heterocycles. The maximum atomic E-state index is 12.1. The average molecular weight is 385 g/mol. The fourth-order valence-electron chi connectivity index (χ4n) is 2.55. The molecule has 132 valence electrons. The van der Waals surface area contributed by atoms with E-state index < -0.39 is 0 Å². The molecule has 8 heteroatoms. The van der Waals surface area contributed by atoms with E-state index >= 15 is 0 Å². The molecule has 0 aliphatic carbocycles. The zero-order valence-electron chi connectivity index (χ0n) is 13.7. The number of aromatic nitrogens is 1. The molecule has 0 spiro atoms. The van der Waals surface area contributed by atoms with Gasteiger partial charge in [0.25, 0.3) is 5.24 Å². The van der Waals surface area contributed by atoms with Crippen molar-refractivity contribution >= 4 is 49.6 Å². The van der Waals surface area contributed by atoms with Gasteiger partial charge in [0.2, 0.25) is 5.91 Å². The van der Waals surface area contributed by atoms with Gasteiger partial charge in [-0.15, -0.1) is 0 Å². The number of ether oxygens (including phenoxy) is 1. The number of hydrogen-bond acceptors (Lipinski definition) is 6. The van der Waals surface area contributed by atoms with Crippen molar-refractivity contribution in [1.82, 2.24) is 9.88 Å². The molecule has 0 bridgehead atoms. The Kier molecular flexibility index (Phi) is 4.77. The maximum absolute atomic E-state index is 12.1. The number of fused-ring (bicyclic) bond motifs is 1. The lowest BCUT2D eigenvalue weighted by molar-refractivity contribution is -0.116. The third kappa shape index (κ3) is 3.81. The molecule has 0 unspecified atom stereocenters. The van der Waals surface area contributed by atoms with Crippen molar-refractivity contribution in [2.75, 3.05) is 24.2 Å². The number of thiazole rings is 1. The molecule has 6 nitrogen and oxygen atoms in total. The molecular formula is C18H15N3O3S2. The van der Waals surface area contributed by atoms with Gasteiger partial charge in [-0.2, -0.15) is 0 Å². The van der Waals surface area contributed by atoms with Crippen LogP contribution in [-0.2, 0) is 4.79 Å². The standard InChI is InChI=1S/C18H15N3O3S2/c22-16(11-21-8-9-25-18(21)23)20-17-19-14-7-6-13(10-15(14)26-17)24-12-4-2-1-3-5-12/h1-7,10H,8-9,11H2,(H,19,20,22). The summed E-state index contributed by atoms with van der Waals surface area (Å²) >= 11 is 2.62. The lowest BCUT2D eigenvalue weighted by atomic mass is 10.3. The number of rotatable bonds is 5. The fraction of sp³-hybridized carbons (Fsp3) is 0.167. The van der Waals surface area contributed by atoms with Gasteiger partial charge in [-0.25, -0.2) is 4.98 Å². The van der Waals surface area contributed by atoms with E-state index in [0.29, 0.717) is 17.4 Å². The molecule has 0 atom stereocenters. The van der Waals surface area contributed by atoms with Gasteiger partial charge >= 0.3 is 0 Å². The summed E-state index contributed by atoms with van der Waals surface area (Å²) in [6, 6.07) is 15.1. The van der Waals surface area contributed by atoms with Gasteiger partial charge in [-0.05, 0) is 24.3 Å². The molecule has 26 heavy (non-hydrogen) atoms. The van der Waals surface area contributed by atoms with Crippen LogP contribution in [0.25, 0.3) is 10.2 Å². The van der Waals surface area contributed by atoms with Crippen LogP contribution in [0.4, 0.5) is 9.93 Å². The number of benzene rings is 2. The predicted molar refractivity (Wildman–Crippen MR) is 104 cm³/mol. The second kappa shape index (κ2) is 7.35. The fourth-order valence-corrected chi connectivity index (χ4v) is 4.28. The van der Waals surface area contributed by atoms with Crippen LogP contribution >= 0.6 is 23.1 Å². The number of nitrogens with one attached hydrogen (secondary N) is 1. The second-order valence-electron chi connectivity index (χ2n) is 5.65. The van der Waals surface area contributed by atoms with E-state index in [1.165, 1.54) is 23.1 Å². The Balaban J connectivity index is 1.45. The minimum Gasteiger partial charge on any atom is -0.457 e. The van der Waals surface area contributed by atoms with E-state index in [0.717, 1.165) is 21.7 Å². The third-order valence-corrected chi connectivity index (χ3v) is 5.59. The van der Waals surface area contributed by atoms with Crippen LogP contribution in [0.5, 0.6) is 11.5 Å². The van der Waals surface area contributed by atoms with Crippen LogP contribution in [-0.4, -0.2) is 39.9 Å². The smallest absolute Gasteiger partial charge is 0.282 e. The van der Waals surface area contributed by atoms with E-state index in [4.69, 9.17) is 4.74 Å². The first kappa shape index (κ1) is 16.9. The highest BCUT2D eigenvalue weighted by Crippen LogP contribution is 2.31. The number of para-hydroxylation sites is 1. The lowest BCUT2D eigenvalue weighted by Crippen LogP contribution is -2.33. The van der Waals surface area contributed by atoms with E-state index in [-0.39, 0.29) is 17.7 Å². The number of nitrogens with zero attached hydrogens (tertiary/aromatic N) is 2. The first-order valence-electron chi connectivity index (χ1n) is 8.02. The van der Waals surface area contributed by atoms with Crippen molar-refractivity contribution in [1.29, 1.82) is 0 Å². The van der Waals surface area contributed by atoms with Crippen LogP contribution in [0.2, 0.25) is 0 Å². The first-order chi connectivity index (χ1) is 12.7. The zero-order chi connectivity index (χ0) is 17.9.